The number of hydrogen-bond donors (Lipinski definition) is 2. The first-order valence-corrected chi connectivity index (χ1v) is 6.21. The van der Waals surface area contributed by atoms with Crippen LogP contribution in [0.3, 0.4) is 0 Å². The molecular weight excluding hydrogens is 280 g/mol. The van der Waals surface area contributed by atoms with Crippen LogP contribution >= 0.6 is 0 Å². The number of carboxylic acid groups (broad SMARTS) is 1. The van der Waals surface area contributed by atoms with Crippen LogP contribution in [0.25, 0.3) is 0 Å². The third-order valence-corrected chi connectivity index (χ3v) is 2.75. The summed E-state index contributed by atoms with van der Waals surface area (Å²) in [7, 11) is 0. The van der Waals surface area contributed by atoms with Crippen molar-refractivity contribution >= 4 is 17.3 Å². The number of halogens is 2. The first-order valence-electron chi connectivity index (χ1n) is 6.21. The van der Waals surface area contributed by atoms with Gasteiger partial charge in [-0.05, 0) is 12.1 Å². The van der Waals surface area contributed by atoms with E-state index in [9.17, 15) is 18.7 Å². The molecule has 2 N–H and O–H groups in total. The van der Waals surface area contributed by atoms with Crippen molar-refractivity contribution in [1.29, 1.82) is 0 Å². The fraction of sp³-hybridized carbons (Fsp3) is 0.214. The molecule has 1 heterocycles. The lowest BCUT2D eigenvalue weighted by molar-refractivity contribution is 0.0691. The van der Waals surface area contributed by atoms with Crippen molar-refractivity contribution in [2.45, 2.75) is 19.8 Å². The highest BCUT2D eigenvalue weighted by atomic mass is 19.2. The highest BCUT2D eigenvalue weighted by Crippen LogP contribution is 2.24. The number of benzene rings is 1. The van der Waals surface area contributed by atoms with Gasteiger partial charge in [0.15, 0.2) is 17.3 Å². The van der Waals surface area contributed by atoms with Crippen molar-refractivity contribution in [2.24, 2.45) is 0 Å². The van der Waals surface area contributed by atoms with E-state index < -0.39 is 17.6 Å². The first-order chi connectivity index (χ1) is 9.90. The standard InChI is InChI=1S/C14H13F2N3O2/c1-7(2)13-17-6-10(12(19-13)14(20)21)18-9-5-3-4-8(15)11(9)16/h3-7,18H,1-2H3,(H,20,21). The lowest BCUT2D eigenvalue weighted by atomic mass is 10.2. The Morgan fingerprint density at radius 2 is 2.00 bits per heavy atom. The second-order valence-electron chi connectivity index (χ2n) is 4.68. The van der Waals surface area contributed by atoms with Gasteiger partial charge in [-0.25, -0.2) is 23.5 Å². The minimum Gasteiger partial charge on any atom is -0.476 e. The van der Waals surface area contributed by atoms with Gasteiger partial charge in [0, 0.05) is 5.92 Å². The number of nitrogens with one attached hydrogen (secondary N) is 1. The molecule has 0 saturated carbocycles. The van der Waals surface area contributed by atoms with Gasteiger partial charge in [0.2, 0.25) is 0 Å². The van der Waals surface area contributed by atoms with Gasteiger partial charge in [-0.2, -0.15) is 0 Å². The lowest BCUT2D eigenvalue weighted by Crippen LogP contribution is -2.11. The van der Waals surface area contributed by atoms with Crippen molar-refractivity contribution < 1.29 is 18.7 Å². The Morgan fingerprint density at radius 3 is 2.62 bits per heavy atom. The average Bonchev–Trinajstić information content (AvgIpc) is 2.43. The van der Waals surface area contributed by atoms with Crippen LogP contribution in [0.5, 0.6) is 0 Å². The second-order valence-corrected chi connectivity index (χ2v) is 4.68. The van der Waals surface area contributed by atoms with E-state index in [1.54, 1.807) is 0 Å². The van der Waals surface area contributed by atoms with Gasteiger partial charge in [0.1, 0.15) is 5.82 Å². The molecule has 0 bridgehead atoms. The van der Waals surface area contributed by atoms with Gasteiger partial charge >= 0.3 is 5.97 Å². The third-order valence-electron chi connectivity index (χ3n) is 2.75. The molecule has 0 amide bonds. The molecule has 2 rings (SSSR count). The Hall–Kier alpha value is -2.57. The Kier molecular flexibility index (Phi) is 4.11. The molecular formula is C14H13F2N3O2. The molecule has 0 saturated heterocycles. The minimum absolute atomic E-state index is 0.00333. The van der Waals surface area contributed by atoms with Crippen LogP contribution in [0.2, 0.25) is 0 Å². The molecule has 1 aromatic heterocycles. The van der Waals surface area contributed by atoms with Crippen molar-refractivity contribution in [3.05, 3.63) is 47.5 Å². The first kappa shape index (κ1) is 14.8. The summed E-state index contributed by atoms with van der Waals surface area (Å²) in [5.41, 5.74) is -0.479. The summed E-state index contributed by atoms with van der Waals surface area (Å²) >= 11 is 0. The molecule has 0 aliphatic rings. The number of aromatic nitrogens is 2. The summed E-state index contributed by atoms with van der Waals surface area (Å²) in [5.74, 6) is -3.10. The summed E-state index contributed by atoms with van der Waals surface area (Å²) < 4.78 is 26.8. The van der Waals surface area contributed by atoms with Crippen molar-refractivity contribution in [3.8, 4) is 0 Å². The predicted octanol–water partition coefficient (Wildman–Crippen LogP) is 3.32. The van der Waals surface area contributed by atoms with E-state index in [2.05, 4.69) is 15.3 Å². The zero-order valence-electron chi connectivity index (χ0n) is 11.4. The summed E-state index contributed by atoms with van der Waals surface area (Å²) in [4.78, 5) is 19.2. The molecule has 0 unspecified atom stereocenters. The highest BCUT2D eigenvalue weighted by molar-refractivity contribution is 5.92. The van der Waals surface area contributed by atoms with Gasteiger partial charge in [0.25, 0.3) is 0 Å². The van der Waals surface area contributed by atoms with Gasteiger partial charge in [-0.1, -0.05) is 19.9 Å². The molecule has 5 nitrogen and oxygen atoms in total. The molecule has 0 aliphatic heterocycles. The van der Waals surface area contributed by atoms with Gasteiger partial charge in [0.05, 0.1) is 17.6 Å². The van der Waals surface area contributed by atoms with E-state index in [1.165, 1.54) is 18.3 Å². The maximum atomic E-state index is 13.6. The zero-order chi connectivity index (χ0) is 15.6. The third kappa shape index (κ3) is 3.13. The number of carbonyl (C=O) groups is 1. The number of aromatic carboxylic acids is 1. The van der Waals surface area contributed by atoms with E-state index in [-0.39, 0.29) is 23.0 Å². The predicted molar refractivity (Wildman–Crippen MR) is 72.7 cm³/mol. The Labute approximate surface area is 119 Å². The van der Waals surface area contributed by atoms with E-state index in [1.807, 2.05) is 13.8 Å². The lowest BCUT2D eigenvalue weighted by Gasteiger charge is -2.11. The molecule has 0 spiro atoms. The number of carboxylic acids is 1. The Balaban J connectivity index is 2.44. The number of nitrogens with zero attached hydrogens (tertiary/aromatic N) is 2. The smallest absolute Gasteiger partial charge is 0.356 e. The molecule has 2 aromatic rings. The van der Waals surface area contributed by atoms with Crippen LogP contribution in [0.1, 0.15) is 36.1 Å². The Morgan fingerprint density at radius 1 is 1.29 bits per heavy atom. The van der Waals surface area contributed by atoms with Crippen LogP contribution in [0.4, 0.5) is 20.2 Å². The Bertz CT molecular complexity index is 690. The van der Waals surface area contributed by atoms with Crippen LogP contribution < -0.4 is 5.32 Å². The van der Waals surface area contributed by atoms with E-state index in [4.69, 9.17) is 0 Å². The fourth-order valence-corrected chi connectivity index (χ4v) is 1.67. The maximum Gasteiger partial charge on any atom is 0.356 e. The molecule has 0 aliphatic carbocycles. The second kappa shape index (κ2) is 5.82. The van der Waals surface area contributed by atoms with Gasteiger partial charge in [-0.3, -0.25) is 0 Å². The summed E-state index contributed by atoms with van der Waals surface area (Å²) in [6.07, 6.45) is 1.25. The topological polar surface area (TPSA) is 75.1 Å². The van der Waals surface area contributed by atoms with Crippen molar-refractivity contribution in [3.63, 3.8) is 0 Å². The normalized spacial score (nSPS) is 10.7. The minimum atomic E-state index is -1.28. The molecule has 0 radical (unpaired) electrons. The average molecular weight is 293 g/mol. The number of anilines is 2. The SMILES string of the molecule is CC(C)c1ncc(Nc2cccc(F)c2F)c(C(=O)O)n1. The van der Waals surface area contributed by atoms with Gasteiger partial charge < -0.3 is 10.4 Å². The largest absolute Gasteiger partial charge is 0.476 e. The van der Waals surface area contributed by atoms with Crippen LogP contribution in [0, 0.1) is 11.6 Å². The van der Waals surface area contributed by atoms with E-state index >= 15 is 0 Å². The highest BCUT2D eigenvalue weighted by Gasteiger charge is 2.17. The molecule has 1 aromatic carbocycles. The summed E-state index contributed by atoms with van der Waals surface area (Å²) in [5, 5.41) is 11.7. The summed E-state index contributed by atoms with van der Waals surface area (Å²) in [6.45, 7) is 3.64. The van der Waals surface area contributed by atoms with Crippen LogP contribution in [-0.4, -0.2) is 21.0 Å². The number of rotatable bonds is 4. The summed E-state index contributed by atoms with van der Waals surface area (Å²) in [6, 6.07) is 3.57. The van der Waals surface area contributed by atoms with Crippen molar-refractivity contribution in [2.75, 3.05) is 5.32 Å². The monoisotopic (exact) mass is 293 g/mol. The van der Waals surface area contributed by atoms with Crippen molar-refractivity contribution in [1.82, 2.24) is 9.97 Å². The zero-order valence-corrected chi connectivity index (χ0v) is 11.4. The number of hydrogen-bond acceptors (Lipinski definition) is 4. The van der Waals surface area contributed by atoms with E-state index in [0.29, 0.717) is 5.82 Å². The van der Waals surface area contributed by atoms with Gasteiger partial charge in [-0.15, -0.1) is 0 Å². The molecule has 0 atom stereocenters. The molecule has 7 heteroatoms. The molecule has 21 heavy (non-hydrogen) atoms. The molecule has 0 fully saturated rings. The van der Waals surface area contributed by atoms with Crippen LogP contribution in [0.15, 0.2) is 24.4 Å². The fourth-order valence-electron chi connectivity index (χ4n) is 1.67. The molecule has 110 valence electrons. The maximum absolute atomic E-state index is 13.6. The van der Waals surface area contributed by atoms with Crippen LogP contribution in [-0.2, 0) is 0 Å². The van der Waals surface area contributed by atoms with E-state index in [0.717, 1.165) is 6.07 Å². The quantitative estimate of drug-likeness (QED) is 0.904.